The van der Waals surface area contributed by atoms with Crippen LogP contribution < -0.4 is 0 Å². The maximum atomic E-state index is 13.2. The second kappa shape index (κ2) is 10.3. The van der Waals surface area contributed by atoms with Crippen molar-refractivity contribution in [3.63, 3.8) is 0 Å². The quantitative estimate of drug-likeness (QED) is 0.557. The molecule has 4 rings (SSSR count). The lowest BCUT2D eigenvalue weighted by molar-refractivity contribution is 0.0336. The van der Waals surface area contributed by atoms with Crippen molar-refractivity contribution < 1.29 is 19.8 Å². The van der Waals surface area contributed by atoms with Crippen molar-refractivity contribution >= 4 is 46.6 Å². The summed E-state index contributed by atoms with van der Waals surface area (Å²) in [6.45, 7) is 4.15. The summed E-state index contributed by atoms with van der Waals surface area (Å²) in [5.74, 6) is -2.01. The summed E-state index contributed by atoms with van der Waals surface area (Å²) >= 11 is 18.0. The topological polar surface area (TPSA) is 81.1 Å². The Morgan fingerprint density at radius 3 is 2.12 bits per heavy atom. The van der Waals surface area contributed by atoms with Crippen LogP contribution in [0.3, 0.4) is 0 Å². The molecular weight excluding hydrogens is 487 g/mol. The second-order valence-electron chi connectivity index (χ2n) is 8.72. The molecule has 2 aromatic rings. The number of carboxylic acid groups (broad SMARTS) is 1. The molecule has 3 atom stereocenters. The molecule has 1 saturated heterocycles. The summed E-state index contributed by atoms with van der Waals surface area (Å²) in [6, 6.07) is 10.2. The number of aromatic carboxylic acids is 1. The van der Waals surface area contributed by atoms with Crippen LogP contribution in [0.25, 0.3) is 0 Å². The highest BCUT2D eigenvalue weighted by Crippen LogP contribution is 2.35. The molecule has 1 aliphatic heterocycles. The summed E-state index contributed by atoms with van der Waals surface area (Å²) < 4.78 is 0. The average molecular weight is 512 g/mol. The molecule has 0 aromatic heterocycles. The third-order valence-electron chi connectivity index (χ3n) is 6.62. The summed E-state index contributed by atoms with van der Waals surface area (Å²) in [4.78, 5) is 29.4. The van der Waals surface area contributed by atoms with Crippen LogP contribution in [0.1, 0.15) is 39.1 Å². The van der Waals surface area contributed by atoms with Gasteiger partial charge in [0.05, 0.1) is 21.7 Å². The van der Waals surface area contributed by atoms with Crippen molar-refractivity contribution in [3.8, 4) is 0 Å². The van der Waals surface area contributed by atoms with E-state index in [1.54, 1.807) is 0 Å². The minimum atomic E-state index is -1.23. The third-order valence-corrected chi connectivity index (χ3v) is 7.59. The van der Waals surface area contributed by atoms with Gasteiger partial charge in [-0.25, -0.2) is 4.79 Å². The van der Waals surface area contributed by atoms with Gasteiger partial charge in [-0.1, -0.05) is 46.9 Å². The maximum absolute atomic E-state index is 13.2. The molecule has 33 heavy (non-hydrogen) atoms. The van der Waals surface area contributed by atoms with E-state index in [0.717, 1.165) is 37.7 Å². The molecule has 0 bridgehead atoms. The van der Waals surface area contributed by atoms with Crippen LogP contribution in [0.5, 0.6) is 0 Å². The van der Waals surface area contributed by atoms with E-state index in [9.17, 15) is 19.8 Å². The Balaban J connectivity index is 1.38. The van der Waals surface area contributed by atoms with Gasteiger partial charge in [0.15, 0.2) is 5.78 Å². The standard InChI is InChI=1S/C24H25Cl3N2O4/c25-16-3-1-14(2-4-16)13-28-5-7-29(8-6-28)21-9-15(10-22(21)30)23(31)17-11-19(26)20(27)12-18(17)24(32)33/h1-4,11-12,15,21-22,30H,5-10,13H2,(H,32,33)/t15?,21-,22-/m1/s1. The number of aliphatic hydroxyl groups is 1. The van der Waals surface area contributed by atoms with E-state index in [0.29, 0.717) is 12.8 Å². The Morgan fingerprint density at radius 1 is 0.909 bits per heavy atom. The van der Waals surface area contributed by atoms with Gasteiger partial charge in [0, 0.05) is 55.3 Å². The number of carbonyl (C=O) groups is 2. The number of rotatable bonds is 6. The van der Waals surface area contributed by atoms with Crippen molar-refractivity contribution in [2.24, 2.45) is 5.92 Å². The molecule has 1 heterocycles. The molecular formula is C24H25Cl3N2O4. The lowest BCUT2D eigenvalue weighted by Crippen LogP contribution is -2.52. The minimum Gasteiger partial charge on any atom is -0.478 e. The first-order valence-electron chi connectivity index (χ1n) is 10.9. The van der Waals surface area contributed by atoms with Gasteiger partial charge in [-0.3, -0.25) is 14.6 Å². The summed E-state index contributed by atoms with van der Waals surface area (Å²) in [6.07, 6.45) is 0.141. The Hall–Kier alpha value is -1.67. The predicted octanol–water partition coefficient (Wildman–Crippen LogP) is 4.49. The highest BCUT2D eigenvalue weighted by molar-refractivity contribution is 6.42. The van der Waals surface area contributed by atoms with Gasteiger partial charge in [-0.05, 0) is 42.7 Å². The number of piperazine rings is 1. The van der Waals surface area contributed by atoms with Crippen LogP contribution in [0.4, 0.5) is 0 Å². The zero-order valence-corrected chi connectivity index (χ0v) is 20.2. The smallest absolute Gasteiger partial charge is 0.336 e. The molecule has 1 saturated carbocycles. The third kappa shape index (κ3) is 5.53. The normalized spacial score (nSPS) is 24.2. The number of benzene rings is 2. The Bertz CT molecular complexity index is 1040. The second-order valence-corrected chi connectivity index (χ2v) is 9.97. The number of hydrogen-bond acceptors (Lipinski definition) is 5. The van der Waals surface area contributed by atoms with E-state index in [-0.39, 0.29) is 33.0 Å². The van der Waals surface area contributed by atoms with E-state index in [1.807, 2.05) is 24.3 Å². The molecule has 6 nitrogen and oxygen atoms in total. The van der Waals surface area contributed by atoms with E-state index < -0.39 is 18.0 Å². The number of nitrogens with zero attached hydrogens (tertiary/aromatic N) is 2. The average Bonchev–Trinajstić information content (AvgIpc) is 3.18. The Kier molecular flexibility index (Phi) is 7.63. The molecule has 2 N–H and O–H groups in total. The minimum absolute atomic E-state index is 0.0440. The van der Waals surface area contributed by atoms with E-state index in [4.69, 9.17) is 34.8 Å². The van der Waals surface area contributed by atoms with Gasteiger partial charge in [0.2, 0.25) is 0 Å². The highest BCUT2D eigenvalue weighted by Gasteiger charge is 2.41. The van der Waals surface area contributed by atoms with Gasteiger partial charge in [0.1, 0.15) is 0 Å². The van der Waals surface area contributed by atoms with Crippen LogP contribution in [0, 0.1) is 5.92 Å². The number of aliphatic hydroxyl groups excluding tert-OH is 1. The summed E-state index contributed by atoms with van der Waals surface area (Å²) in [7, 11) is 0. The molecule has 0 radical (unpaired) electrons. The Morgan fingerprint density at radius 2 is 1.52 bits per heavy atom. The van der Waals surface area contributed by atoms with E-state index in [1.165, 1.54) is 17.7 Å². The molecule has 9 heteroatoms. The molecule has 2 fully saturated rings. The first-order valence-corrected chi connectivity index (χ1v) is 12.0. The summed E-state index contributed by atoms with van der Waals surface area (Å²) in [5.41, 5.74) is 1.08. The lowest BCUT2D eigenvalue weighted by Gasteiger charge is -2.39. The fraction of sp³-hybridized carbons (Fsp3) is 0.417. The first kappa shape index (κ1) is 24.5. The molecule has 176 valence electrons. The van der Waals surface area contributed by atoms with Crippen LogP contribution in [-0.2, 0) is 6.54 Å². The Labute approximate surface area is 207 Å². The zero-order valence-electron chi connectivity index (χ0n) is 17.9. The van der Waals surface area contributed by atoms with Crippen LogP contribution >= 0.6 is 34.8 Å². The van der Waals surface area contributed by atoms with Gasteiger partial charge >= 0.3 is 5.97 Å². The van der Waals surface area contributed by atoms with E-state index >= 15 is 0 Å². The number of hydrogen-bond donors (Lipinski definition) is 2. The van der Waals surface area contributed by atoms with Crippen LogP contribution in [-0.4, -0.2) is 70.1 Å². The number of Topliss-reactive ketones (excluding diaryl/α,β-unsaturated/α-hetero) is 1. The van der Waals surface area contributed by atoms with Crippen molar-refractivity contribution in [1.29, 1.82) is 0 Å². The van der Waals surface area contributed by atoms with Crippen molar-refractivity contribution in [2.45, 2.75) is 31.5 Å². The molecule has 1 unspecified atom stereocenters. The highest BCUT2D eigenvalue weighted by atomic mass is 35.5. The number of carbonyl (C=O) groups excluding carboxylic acids is 1. The first-order chi connectivity index (χ1) is 15.7. The molecule has 1 aliphatic carbocycles. The van der Waals surface area contributed by atoms with Gasteiger partial charge in [-0.2, -0.15) is 0 Å². The number of carboxylic acids is 1. The maximum Gasteiger partial charge on any atom is 0.336 e. The summed E-state index contributed by atoms with van der Waals surface area (Å²) in [5, 5.41) is 21.2. The fourth-order valence-corrected chi connectivity index (χ4v) is 5.30. The molecule has 0 amide bonds. The molecule has 2 aliphatic rings. The number of ketones is 1. The van der Waals surface area contributed by atoms with E-state index in [2.05, 4.69) is 9.80 Å². The van der Waals surface area contributed by atoms with Gasteiger partial charge in [0.25, 0.3) is 0 Å². The van der Waals surface area contributed by atoms with Crippen LogP contribution in [0.15, 0.2) is 36.4 Å². The van der Waals surface area contributed by atoms with Crippen molar-refractivity contribution in [3.05, 3.63) is 68.2 Å². The zero-order chi connectivity index (χ0) is 23.7. The SMILES string of the molecule is O=C(O)c1cc(Cl)c(Cl)cc1C(=O)C1C[C@@H](O)[C@H](N2CCN(Cc3ccc(Cl)cc3)CC2)C1. The van der Waals surface area contributed by atoms with Crippen LogP contribution in [0.2, 0.25) is 15.1 Å². The largest absolute Gasteiger partial charge is 0.478 e. The fourth-order valence-electron chi connectivity index (χ4n) is 4.85. The molecule has 2 aromatic carbocycles. The lowest BCUT2D eigenvalue weighted by atomic mass is 9.92. The van der Waals surface area contributed by atoms with Gasteiger partial charge in [-0.15, -0.1) is 0 Å². The number of halogens is 3. The monoisotopic (exact) mass is 510 g/mol. The predicted molar refractivity (Wildman–Crippen MR) is 129 cm³/mol. The van der Waals surface area contributed by atoms with Crippen molar-refractivity contribution in [1.82, 2.24) is 9.80 Å². The van der Waals surface area contributed by atoms with Crippen molar-refractivity contribution in [2.75, 3.05) is 26.2 Å². The van der Waals surface area contributed by atoms with Gasteiger partial charge < -0.3 is 10.2 Å². The molecule has 0 spiro atoms.